The van der Waals surface area contributed by atoms with Gasteiger partial charge < -0.3 is 10.5 Å². The zero-order valence-corrected chi connectivity index (χ0v) is 18.3. The molecule has 0 fully saturated rings. The molecule has 3 N–H and O–H groups in total. The molecule has 0 spiro atoms. The number of nitrogens with zero attached hydrogens (tertiary/aromatic N) is 2. The van der Waals surface area contributed by atoms with Gasteiger partial charge in [-0.2, -0.15) is 13.2 Å². The monoisotopic (exact) mass is 468 g/mol. The van der Waals surface area contributed by atoms with Crippen molar-refractivity contribution in [3.8, 4) is 0 Å². The second kappa shape index (κ2) is 11.1. The summed E-state index contributed by atoms with van der Waals surface area (Å²) in [7, 11) is 0. The van der Waals surface area contributed by atoms with Crippen LogP contribution >= 0.6 is 0 Å². The number of benzene rings is 3. The van der Waals surface area contributed by atoms with E-state index in [1.54, 1.807) is 24.3 Å². The average Bonchev–Trinajstić information content (AvgIpc) is 2.83. The highest BCUT2D eigenvalue weighted by Gasteiger charge is 2.29. The quantitative estimate of drug-likeness (QED) is 0.308. The van der Waals surface area contributed by atoms with Crippen molar-refractivity contribution in [3.05, 3.63) is 95.6 Å². The molecular weight excluding hydrogens is 445 g/mol. The van der Waals surface area contributed by atoms with Crippen LogP contribution in [0.2, 0.25) is 0 Å². The maximum atomic E-state index is 12.6. The second-order valence-corrected chi connectivity index (χ2v) is 7.22. The van der Waals surface area contributed by atoms with Gasteiger partial charge in [0.15, 0.2) is 0 Å². The van der Waals surface area contributed by atoms with Gasteiger partial charge in [-0.15, -0.1) is 0 Å². The molecule has 3 aromatic rings. The number of rotatable bonds is 7. The molecule has 0 saturated heterocycles. The minimum Gasteiger partial charge on any atom is -0.441 e. The zero-order valence-electron chi connectivity index (χ0n) is 18.3. The molecule has 0 saturated carbocycles. The van der Waals surface area contributed by atoms with Gasteiger partial charge in [0.05, 0.1) is 11.3 Å². The van der Waals surface area contributed by atoms with Crippen LogP contribution in [0.25, 0.3) is 0 Å². The van der Waals surface area contributed by atoms with Gasteiger partial charge in [-0.05, 0) is 60.5 Å². The highest BCUT2D eigenvalue weighted by atomic mass is 19.4. The fourth-order valence-electron chi connectivity index (χ4n) is 3.02. The first kappa shape index (κ1) is 24.5. The Morgan fingerprint density at radius 2 is 1.68 bits per heavy atom. The van der Waals surface area contributed by atoms with Gasteiger partial charge >= 0.3 is 12.3 Å². The standard InChI is InChI=1S/C25H23F3N4O2/c1-2-22(17-6-4-3-5-7-17)34-24(33)32-21-12-8-18(9-13-21)23(29)31-16-30-20-14-10-19(11-15-20)25(26,27)28/h3-16,22H,2H2,1H3,(H,32,33)(H2,29,30,31). The van der Waals surface area contributed by atoms with E-state index in [-0.39, 0.29) is 11.9 Å². The predicted octanol–water partition coefficient (Wildman–Crippen LogP) is 6.47. The molecule has 0 aliphatic rings. The highest BCUT2D eigenvalue weighted by Crippen LogP contribution is 2.30. The van der Waals surface area contributed by atoms with Gasteiger partial charge in [0.2, 0.25) is 0 Å². The molecule has 34 heavy (non-hydrogen) atoms. The van der Waals surface area contributed by atoms with E-state index in [9.17, 15) is 18.0 Å². The molecule has 0 heterocycles. The van der Waals surface area contributed by atoms with Crippen molar-refractivity contribution >= 4 is 29.6 Å². The zero-order chi connectivity index (χ0) is 24.6. The van der Waals surface area contributed by atoms with E-state index < -0.39 is 17.8 Å². The van der Waals surface area contributed by atoms with Gasteiger partial charge in [-0.25, -0.2) is 14.8 Å². The van der Waals surface area contributed by atoms with Crippen molar-refractivity contribution in [2.45, 2.75) is 25.6 Å². The molecule has 176 valence electrons. The number of ether oxygens (including phenoxy) is 1. The van der Waals surface area contributed by atoms with Crippen molar-refractivity contribution in [2.24, 2.45) is 15.7 Å². The summed E-state index contributed by atoms with van der Waals surface area (Å²) in [5, 5.41) is 2.67. The van der Waals surface area contributed by atoms with E-state index in [0.29, 0.717) is 23.4 Å². The van der Waals surface area contributed by atoms with E-state index in [0.717, 1.165) is 24.0 Å². The van der Waals surface area contributed by atoms with Gasteiger partial charge in [0.1, 0.15) is 18.3 Å². The van der Waals surface area contributed by atoms with Crippen molar-refractivity contribution < 1.29 is 22.7 Å². The maximum Gasteiger partial charge on any atom is 0.416 e. The summed E-state index contributed by atoms with van der Waals surface area (Å²) in [6.07, 6.45) is -3.53. The van der Waals surface area contributed by atoms with Gasteiger partial charge in [-0.1, -0.05) is 37.3 Å². The van der Waals surface area contributed by atoms with Crippen molar-refractivity contribution in [3.63, 3.8) is 0 Å². The van der Waals surface area contributed by atoms with Gasteiger partial charge in [0.25, 0.3) is 0 Å². The summed E-state index contributed by atoms with van der Waals surface area (Å²) in [4.78, 5) is 20.2. The Morgan fingerprint density at radius 3 is 2.26 bits per heavy atom. The van der Waals surface area contributed by atoms with Crippen molar-refractivity contribution in [2.75, 3.05) is 5.32 Å². The normalized spacial score (nSPS) is 13.0. The number of carbonyl (C=O) groups is 1. The van der Waals surface area contributed by atoms with Crippen LogP contribution in [0, 0.1) is 0 Å². The lowest BCUT2D eigenvalue weighted by molar-refractivity contribution is -0.137. The average molecular weight is 468 g/mol. The number of amides is 1. The second-order valence-electron chi connectivity index (χ2n) is 7.22. The van der Waals surface area contributed by atoms with E-state index in [2.05, 4.69) is 15.3 Å². The first-order valence-corrected chi connectivity index (χ1v) is 10.4. The Kier molecular flexibility index (Phi) is 8.02. The van der Waals surface area contributed by atoms with Crippen LogP contribution in [-0.4, -0.2) is 18.3 Å². The first-order valence-electron chi connectivity index (χ1n) is 10.4. The molecule has 9 heteroatoms. The fraction of sp³-hybridized carbons (Fsp3) is 0.160. The molecule has 3 rings (SSSR count). The molecule has 0 radical (unpaired) electrons. The number of hydrogen-bond donors (Lipinski definition) is 2. The van der Waals surface area contributed by atoms with Gasteiger partial charge in [0, 0.05) is 11.3 Å². The molecule has 1 unspecified atom stereocenters. The van der Waals surface area contributed by atoms with Crippen LogP contribution in [0.15, 0.2) is 88.8 Å². The third-order valence-corrected chi connectivity index (χ3v) is 4.82. The number of amidine groups is 1. The van der Waals surface area contributed by atoms with Gasteiger partial charge in [-0.3, -0.25) is 5.32 Å². The summed E-state index contributed by atoms with van der Waals surface area (Å²) in [6.45, 7) is 1.93. The smallest absolute Gasteiger partial charge is 0.416 e. The fourth-order valence-corrected chi connectivity index (χ4v) is 3.02. The Labute approximate surface area is 195 Å². The summed E-state index contributed by atoms with van der Waals surface area (Å²) in [6, 6.07) is 20.5. The minimum absolute atomic E-state index is 0.153. The molecular formula is C25H23F3N4O2. The number of anilines is 1. The Morgan fingerprint density at radius 1 is 1.03 bits per heavy atom. The summed E-state index contributed by atoms with van der Waals surface area (Å²) in [5.74, 6) is 0.153. The molecule has 0 aliphatic heterocycles. The number of hydrogen-bond acceptors (Lipinski definition) is 3. The van der Waals surface area contributed by atoms with E-state index >= 15 is 0 Å². The van der Waals surface area contributed by atoms with Crippen molar-refractivity contribution in [1.82, 2.24) is 0 Å². The minimum atomic E-state index is -4.40. The lowest BCUT2D eigenvalue weighted by atomic mass is 10.1. The Balaban J connectivity index is 1.57. The van der Waals surface area contributed by atoms with E-state index in [1.165, 1.54) is 12.1 Å². The number of alkyl halides is 3. The predicted molar refractivity (Wildman–Crippen MR) is 126 cm³/mol. The lowest BCUT2D eigenvalue weighted by Crippen LogP contribution is -2.17. The maximum absolute atomic E-state index is 12.6. The number of halogens is 3. The number of aliphatic imine (C=N–C) groups is 2. The number of carbonyl (C=O) groups excluding carboxylic acids is 1. The SMILES string of the molecule is CCC(OC(=O)Nc1ccc(C(N)=NC=Nc2ccc(C(F)(F)F)cc2)cc1)c1ccccc1. The summed E-state index contributed by atoms with van der Waals surface area (Å²) >= 11 is 0. The van der Waals surface area contributed by atoms with E-state index in [4.69, 9.17) is 10.5 Å². The van der Waals surface area contributed by atoms with E-state index in [1.807, 2.05) is 37.3 Å². The molecule has 0 bridgehead atoms. The summed E-state index contributed by atoms with van der Waals surface area (Å²) in [5.41, 5.74) is 7.50. The van der Waals surface area contributed by atoms with Crippen molar-refractivity contribution in [1.29, 1.82) is 0 Å². The third kappa shape index (κ3) is 6.93. The topological polar surface area (TPSA) is 89.1 Å². The Bertz CT molecular complexity index is 1140. The third-order valence-electron chi connectivity index (χ3n) is 4.82. The molecule has 1 amide bonds. The molecule has 0 aromatic heterocycles. The number of nitrogens with one attached hydrogen (secondary N) is 1. The Hall–Kier alpha value is -4.14. The highest BCUT2D eigenvalue weighted by molar-refractivity contribution is 6.01. The molecule has 6 nitrogen and oxygen atoms in total. The lowest BCUT2D eigenvalue weighted by Gasteiger charge is -2.17. The molecule has 3 aromatic carbocycles. The molecule has 0 aliphatic carbocycles. The number of nitrogens with two attached hydrogens (primary N) is 1. The molecule has 1 atom stereocenters. The van der Waals surface area contributed by atoms with Crippen LogP contribution in [-0.2, 0) is 10.9 Å². The largest absolute Gasteiger partial charge is 0.441 e. The first-order chi connectivity index (χ1) is 16.3. The van der Waals surface area contributed by atoms with Crippen LogP contribution < -0.4 is 11.1 Å². The summed E-state index contributed by atoms with van der Waals surface area (Å²) < 4.78 is 43.3. The van der Waals surface area contributed by atoms with Crippen LogP contribution in [0.1, 0.15) is 36.1 Å². The van der Waals surface area contributed by atoms with Crippen LogP contribution in [0.4, 0.5) is 29.3 Å². The van der Waals surface area contributed by atoms with Crippen LogP contribution in [0.5, 0.6) is 0 Å². The van der Waals surface area contributed by atoms with Crippen LogP contribution in [0.3, 0.4) is 0 Å².